The van der Waals surface area contributed by atoms with Crippen LogP contribution in [0.2, 0.25) is 0 Å². The van der Waals surface area contributed by atoms with E-state index < -0.39 is 5.97 Å². The Labute approximate surface area is 138 Å². The molecule has 0 amide bonds. The first-order chi connectivity index (χ1) is 11.5. The van der Waals surface area contributed by atoms with Crippen LogP contribution < -0.4 is 10.3 Å². The van der Waals surface area contributed by atoms with Crippen LogP contribution in [0, 0.1) is 6.92 Å². The number of methoxy groups -OCH3 is 1. The third-order valence-corrected chi connectivity index (χ3v) is 3.89. The number of ether oxygens (including phenoxy) is 1. The van der Waals surface area contributed by atoms with Crippen molar-refractivity contribution in [2.45, 2.75) is 13.5 Å². The fourth-order valence-corrected chi connectivity index (χ4v) is 2.57. The lowest BCUT2D eigenvalue weighted by atomic mass is 10.1. The standard InChI is InChI=1S/C18H16N2O4/c1-11-14(18(22)23)9-15-16(19-11)7-8-20(17(15)21)10-12-3-5-13(24-2)6-4-12/h3-9H,10H2,1-2H3,(H,22,23). The summed E-state index contributed by atoms with van der Waals surface area (Å²) in [7, 11) is 1.60. The molecule has 3 aromatic rings. The number of aromatic nitrogens is 2. The van der Waals surface area contributed by atoms with Gasteiger partial charge in [-0.15, -0.1) is 0 Å². The summed E-state index contributed by atoms with van der Waals surface area (Å²) < 4.78 is 6.65. The molecule has 0 aliphatic heterocycles. The van der Waals surface area contributed by atoms with Gasteiger partial charge in [0, 0.05) is 6.20 Å². The van der Waals surface area contributed by atoms with Crippen LogP contribution in [0.1, 0.15) is 21.6 Å². The van der Waals surface area contributed by atoms with Crippen LogP contribution in [0.25, 0.3) is 10.9 Å². The zero-order valence-corrected chi connectivity index (χ0v) is 13.3. The molecule has 0 spiro atoms. The zero-order valence-electron chi connectivity index (χ0n) is 13.3. The van der Waals surface area contributed by atoms with Crippen LogP contribution in [0.4, 0.5) is 0 Å². The lowest BCUT2D eigenvalue weighted by Crippen LogP contribution is -2.21. The number of hydrogen-bond donors (Lipinski definition) is 1. The van der Waals surface area contributed by atoms with E-state index >= 15 is 0 Å². The van der Waals surface area contributed by atoms with Gasteiger partial charge in [-0.05, 0) is 36.8 Å². The molecule has 6 heteroatoms. The first-order valence-electron chi connectivity index (χ1n) is 7.36. The van der Waals surface area contributed by atoms with E-state index in [-0.39, 0.29) is 11.1 Å². The molecule has 1 N–H and O–H groups in total. The largest absolute Gasteiger partial charge is 0.497 e. The van der Waals surface area contributed by atoms with Crippen LogP contribution in [-0.4, -0.2) is 27.7 Å². The van der Waals surface area contributed by atoms with Crippen molar-refractivity contribution in [1.29, 1.82) is 0 Å². The monoisotopic (exact) mass is 324 g/mol. The van der Waals surface area contributed by atoms with E-state index in [1.54, 1.807) is 26.3 Å². The van der Waals surface area contributed by atoms with Crippen molar-refractivity contribution in [3.8, 4) is 5.75 Å². The van der Waals surface area contributed by atoms with Crippen LogP contribution in [0.3, 0.4) is 0 Å². The Balaban J connectivity index is 2.05. The molecule has 2 heterocycles. The topological polar surface area (TPSA) is 81.4 Å². The second-order valence-corrected chi connectivity index (χ2v) is 5.46. The molecule has 0 saturated heterocycles. The molecule has 0 saturated carbocycles. The number of carboxylic acid groups (broad SMARTS) is 1. The smallest absolute Gasteiger partial charge is 0.337 e. The fourth-order valence-electron chi connectivity index (χ4n) is 2.57. The summed E-state index contributed by atoms with van der Waals surface area (Å²) in [6, 6.07) is 10.5. The predicted octanol–water partition coefficient (Wildman–Crippen LogP) is 2.46. The summed E-state index contributed by atoms with van der Waals surface area (Å²) in [5.74, 6) is -0.345. The van der Waals surface area contributed by atoms with Crippen LogP contribution in [-0.2, 0) is 6.54 Å². The van der Waals surface area contributed by atoms with E-state index in [1.807, 2.05) is 24.3 Å². The molecular weight excluding hydrogens is 308 g/mol. The van der Waals surface area contributed by atoms with Crippen molar-refractivity contribution in [3.05, 3.63) is 69.8 Å². The highest BCUT2D eigenvalue weighted by atomic mass is 16.5. The predicted molar refractivity (Wildman–Crippen MR) is 89.8 cm³/mol. The third kappa shape index (κ3) is 2.86. The molecule has 6 nitrogen and oxygen atoms in total. The Kier molecular flexibility index (Phi) is 4.04. The number of aryl methyl sites for hydroxylation is 1. The van der Waals surface area contributed by atoms with Crippen LogP contribution in [0.5, 0.6) is 5.75 Å². The van der Waals surface area contributed by atoms with Gasteiger partial charge in [0.25, 0.3) is 5.56 Å². The highest BCUT2D eigenvalue weighted by molar-refractivity contribution is 5.93. The Morgan fingerprint density at radius 2 is 1.96 bits per heavy atom. The highest BCUT2D eigenvalue weighted by Crippen LogP contribution is 2.15. The molecule has 0 aliphatic carbocycles. The van der Waals surface area contributed by atoms with Gasteiger partial charge in [0.05, 0.1) is 35.8 Å². The molecule has 3 rings (SSSR count). The SMILES string of the molecule is COc1ccc(Cn2ccc3nc(C)c(C(=O)O)cc3c2=O)cc1. The lowest BCUT2D eigenvalue weighted by Gasteiger charge is -2.09. The van der Waals surface area contributed by atoms with Gasteiger partial charge in [-0.3, -0.25) is 9.78 Å². The fraction of sp³-hybridized carbons (Fsp3) is 0.167. The normalized spacial score (nSPS) is 10.8. The number of benzene rings is 1. The summed E-state index contributed by atoms with van der Waals surface area (Å²) in [5, 5.41) is 9.51. The number of fused-ring (bicyclic) bond motifs is 1. The number of hydrogen-bond acceptors (Lipinski definition) is 4. The quantitative estimate of drug-likeness (QED) is 0.797. The molecular formula is C18H16N2O4. The van der Waals surface area contributed by atoms with E-state index in [2.05, 4.69) is 4.98 Å². The van der Waals surface area contributed by atoms with Gasteiger partial charge in [0.15, 0.2) is 0 Å². The minimum absolute atomic E-state index is 0.0433. The molecule has 1 aromatic carbocycles. The van der Waals surface area contributed by atoms with Crippen LogP contribution >= 0.6 is 0 Å². The molecule has 0 aliphatic rings. The van der Waals surface area contributed by atoms with E-state index in [0.29, 0.717) is 23.1 Å². The Morgan fingerprint density at radius 1 is 1.25 bits per heavy atom. The molecule has 2 aromatic heterocycles. The van der Waals surface area contributed by atoms with Gasteiger partial charge in [0.2, 0.25) is 0 Å². The lowest BCUT2D eigenvalue weighted by molar-refractivity contribution is 0.0696. The summed E-state index contributed by atoms with van der Waals surface area (Å²) in [6.45, 7) is 2.00. The van der Waals surface area contributed by atoms with Crippen molar-refractivity contribution in [2.75, 3.05) is 7.11 Å². The van der Waals surface area contributed by atoms with Gasteiger partial charge in [0.1, 0.15) is 5.75 Å². The van der Waals surface area contributed by atoms with Crippen molar-refractivity contribution in [1.82, 2.24) is 9.55 Å². The van der Waals surface area contributed by atoms with E-state index in [0.717, 1.165) is 11.3 Å². The van der Waals surface area contributed by atoms with E-state index in [9.17, 15) is 14.7 Å². The van der Waals surface area contributed by atoms with Gasteiger partial charge < -0.3 is 14.4 Å². The molecule has 0 atom stereocenters. The molecule has 0 fully saturated rings. The number of carbonyl (C=O) groups is 1. The minimum atomic E-state index is -1.09. The Hall–Kier alpha value is -3.15. The summed E-state index contributed by atoms with van der Waals surface area (Å²) in [4.78, 5) is 28.1. The first-order valence-corrected chi connectivity index (χ1v) is 7.36. The van der Waals surface area contributed by atoms with Gasteiger partial charge in [-0.1, -0.05) is 12.1 Å². The second-order valence-electron chi connectivity index (χ2n) is 5.46. The summed E-state index contributed by atoms with van der Waals surface area (Å²) in [6.07, 6.45) is 1.67. The second kappa shape index (κ2) is 6.16. The maximum Gasteiger partial charge on any atom is 0.337 e. The summed E-state index contributed by atoms with van der Waals surface area (Å²) in [5.41, 5.74) is 1.60. The Bertz CT molecular complexity index is 975. The van der Waals surface area contributed by atoms with E-state index in [4.69, 9.17) is 4.74 Å². The maximum atomic E-state index is 12.6. The molecule has 24 heavy (non-hydrogen) atoms. The van der Waals surface area contributed by atoms with Gasteiger partial charge in [-0.25, -0.2) is 4.79 Å². The average Bonchev–Trinajstić information content (AvgIpc) is 2.57. The minimum Gasteiger partial charge on any atom is -0.497 e. The van der Waals surface area contributed by atoms with Crippen molar-refractivity contribution >= 4 is 16.9 Å². The number of pyridine rings is 2. The van der Waals surface area contributed by atoms with E-state index in [1.165, 1.54) is 10.6 Å². The van der Waals surface area contributed by atoms with Gasteiger partial charge >= 0.3 is 5.97 Å². The first kappa shape index (κ1) is 15.7. The average molecular weight is 324 g/mol. The number of nitrogens with zero attached hydrogens (tertiary/aromatic N) is 2. The highest BCUT2D eigenvalue weighted by Gasteiger charge is 2.13. The van der Waals surface area contributed by atoms with Crippen molar-refractivity contribution < 1.29 is 14.6 Å². The number of aromatic carboxylic acids is 1. The summed E-state index contributed by atoms with van der Waals surface area (Å²) >= 11 is 0. The number of rotatable bonds is 4. The van der Waals surface area contributed by atoms with Crippen molar-refractivity contribution in [2.24, 2.45) is 0 Å². The molecule has 0 unspecified atom stereocenters. The molecule has 0 bridgehead atoms. The van der Waals surface area contributed by atoms with Crippen LogP contribution in [0.15, 0.2) is 47.4 Å². The van der Waals surface area contributed by atoms with Gasteiger partial charge in [-0.2, -0.15) is 0 Å². The third-order valence-electron chi connectivity index (χ3n) is 3.89. The van der Waals surface area contributed by atoms with Crippen molar-refractivity contribution in [3.63, 3.8) is 0 Å². The number of carboxylic acids is 1. The molecule has 0 radical (unpaired) electrons. The zero-order chi connectivity index (χ0) is 17.3. The maximum absolute atomic E-state index is 12.6. The Morgan fingerprint density at radius 3 is 2.58 bits per heavy atom. The molecule has 122 valence electrons.